The summed E-state index contributed by atoms with van der Waals surface area (Å²) >= 11 is 5.68. The third-order valence-corrected chi connectivity index (χ3v) is 2.42. The Morgan fingerprint density at radius 3 is 2.37 bits per heavy atom. The number of aromatic nitrogens is 1. The predicted molar refractivity (Wildman–Crippen MR) is 66.7 cm³/mol. The number of hydrogen-bond donors (Lipinski definition) is 2. The van der Waals surface area contributed by atoms with Crippen LogP contribution >= 0.6 is 11.6 Å². The van der Waals surface area contributed by atoms with E-state index in [1.807, 2.05) is 0 Å². The molecule has 0 spiro atoms. The van der Waals surface area contributed by atoms with Crippen LogP contribution in [-0.2, 0) is 0 Å². The van der Waals surface area contributed by atoms with Crippen molar-refractivity contribution in [1.29, 1.82) is 5.41 Å². The zero-order valence-corrected chi connectivity index (χ0v) is 10.2. The van der Waals surface area contributed by atoms with Gasteiger partial charge in [-0.2, -0.15) is 0 Å². The SMILES string of the molecule is N=C(N)c1cc(F)c(Oc2cncc(Cl)c2)c(F)c1. The van der Waals surface area contributed by atoms with Gasteiger partial charge in [0.15, 0.2) is 17.4 Å². The third kappa shape index (κ3) is 2.97. The van der Waals surface area contributed by atoms with Gasteiger partial charge in [0, 0.05) is 17.8 Å². The van der Waals surface area contributed by atoms with Crippen LogP contribution in [0.25, 0.3) is 0 Å². The number of benzene rings is 1. The summed E-state index contributed by atoms with van der Waals surface area (Å²) in [5.74, 6) is -2.88. The van der Waals surface area contributed by atoms with Crippen LogP contribution < -0.4 is 10.5 Å². The molecule has 0 amide bonds. The van der Waals surface area contributed by atoms with E-state index in [1.54, 1.807) is 0 Å². The second kappa shape index (κ2) is 5.19. The first kappa shape index (κ1) is 13.2. The van der Waals surface area contributed by atoms with Crippen LogP contribution in [0.3, 0.4) is 0 Å². The summed E-state index contributed by atoms with van der Waals surface area (Å²) in [6.07, 6.45) is 2.63. The van der Waals surface area contributed by atoms with Crippen molar-refractivity contribution < 1.29 is 13.5 Å². The average molecular weight is 284 g/mol. The quantitative estimate of drug-likeness (QED) is 0.671. The van der Waals surface area contributed by atoms with Gasteiger partial charge in [0.25, 0.3) is 0 Å². The number of ether oxygens (including phenoxy) is 1. The van der Waals surface area contributed by atoms with Gasteiger partial charge in [0.1, 0.15) is 11.6 Å². The molecule has 4 nitrogen and oxygen atoms in total. The molecule has 0 aliphatic carbocycles. The molecule has 7 heteroatoms. The molecular weight excluding hydrogens is 276 g/mol. The zero-order valence-electron chi connectivity index (χ0n) is 9.45. The molecule has 2 rings (SSSR count). The van der Waals surface area contributed by atoms with Gasteiger partial charge in [-0.3, -0.25) is 10.4 Å². The highest BCUT2D eigenvalue weighted by atomic mass is 35.5. The Morgan fingerprint density at radius 1 is 1.21 bits per heavy atom. The summed E-state index contributed by atoms with van der Waals surface area (Å²) in [5.41, 5.74) is 5.09. The molecule has 0 fully saturated rings. The molecule has 1 heterocycles. The topological polar surface area (TPSA) is 72.0 Å². The molecule has 0 bridgehead atoms. The number of nitrogens with one attached hydrogen (secondary N) is 1. The normalized spacial score (nSPS) is 10.3. The van der Waals surface area contributed by atoms with E-state index in [4.69, 9.17) is 27.5 Å². The summed E-state index contributed by atoms with van der Waals surface area (Å²) < 4.78 is 32.4. The second-order valence-corrected chi connectivity index (χ2v) is 4.06. The van der Waals surface area contributed by atoms with E-state index in [-0.39, 0.29) is 16.3 Å². The van der Waals surface area contributed by atoms with Crippen molar-refractivity contribution in [3.63, 3.8) is 0 Å². The van der Waals surface area contributed by atoms with Crippen LogP contribution in [0.5, 0.6) is 11.5 Å². The molecule has 19 heavy (non-hydrogen) atoms. The van der Waals surface area contributed by atoms with Gasteiger partial charge in [-0.15, -0.1) is 0 Å². The smallest absolute Gasteiger partial charge is 0.198 e. The summed E-state index contributed by atoms with van der Waals surface area (Å²) in [5, 5.41) is 7.40. The summed E-state index contributed by atoms with van der Waals surface area (Å²) in [6, 6.07) is 3.20. The minimum absolute atomic E-state index is 0.0634. The highest BCUT2D eigenvalue weighted by Gasteiger charge is 2.15. The van der Waals surface area contributed by atoms with E-state index >= 15 is 0 Å². The van der Waals surface area contributed by atoms with Crippen molar-refractivity contribution in [2.75, 3.05) is 0 Å². The predicted octanol–water partition coefficient (Wildman–Crippen LogP) is 3.09. The molecule has 0 aliphatic heterocycles. The average Bonchev–Trinajstić information content (AvgIpc) is 2.33. The molecule has 0 saturated heterocycles. The Morgan fingerprint density at radius 2 is 1.84 bits per heavy atom. The number of hydrogen-bond acceptors (Lipinski definition) is 3. The molecule has 0 saturated carbocycles. The molecule has 2 aromatic rings. The van der Waals surface area contributed by atoms with Crippen LogP contribution in [0.1, 0.15) is 5.56 Å². The van der Waals surface area contributed by atoms with Crippen LogP contribution in [0.4, 0.5) is 8.78 Å². The first-order chi connectivity index (χ1) is 8.97. The van der Waals surface area contributed by atoms with Gasteiger partial charge in [0.2, 0.25) is 0 Å². The van der Waals surface area contributed by atoms with Gasteiger partial charge in [-0.1, -0.05) is 11.6 Å². The summed E-state index contributed by atoms with van der Waals surface area (Å²) in [6.45, 7) is 0. The Bertz CT molecular complexity index is 626. The summed E-state index contributed by atoms with van der Waals surface area (Å²) in [4.78, 5) is 3.73. The summed E-state index contributed by atoms with van der Waals surface area (Å²) in [7, 11) is 0. The molecule has 3 N–H and O–H groups in total. The first-order valence-electron chi connectivity index (χ1n) is 5.09. The number of pyridine rings is 1. The van der Waals surface area contributed by atoms with E-state index in [1.165, 1.54) is 18.5 Å². The van der Waals surface area contributed by atoms with Crippen molar-refractivity contribution >= 4 is 17.4 Å². The highest BCUT2D eigenvalue weighted by molar-refractivity contribution is 6.30. The van der Waals surface area contributed by atoms with Gasteiger partial charge >= 0.3 is 0 Å². The highest BCUT2D eigenvalue weighted by Crippen LogP contribution is 2.29. The maximum absolute atomic E-state index is 13.7. The number of halogens is 3. The van der Waals surface area contributed by atoms with Crippen molar-refractivity contribution in [1.82, 2.24) is 4.98 Å². The molecule has 1 aromatic carbocycles. The lowest BCUT2D eigenvalue weighted by molar-refractivity contribution is 0.406. The fourth-order valence-corrected chi connectivity index (χ4v) is 1.54. The Labute approximate surface area is 112 Å². The van der Waals surface area contributed by atoms with Crippen molar-refractivity contribution in [2.45, 2.75) is 0 Å². The molecule has 0 radical (unpaired) electrons. The van der Waals surface area contributed by atoms with Crippen molar-refractivity contribution in [3.8, 4) is 11.5 Å². The Hall–Kier alpha value is -2.21. The minimum atomic E-state index is -0.967. The van der Waals surface area contributed by atoms with E-state index < -0.39 is 23.2 Å². The maximum atomic E-state index is 13.7. The van der Waals surface area contributed by atoms with Gasteiger partial charge < -0.3 is 10.5 Å². The van der Waals surface area contributed by atoms with E-state index in [2.05, 4.69) is 4.98 Å². The molecule has 1 aromatic heterocycles. The first-order valence-corrected chi connectivity index (χ1v) is 5.47. The van der Waals surface area contributed by atoms with E-state index in [0.29, 0.717) is 0 Å². The van der Waals surface area contributed by atoms with Crippen LogP contribution in [-0.4, -0.2) is 10.8 Å². The number of nitrogens with zero attached hydrogens (tertiary/aromatic N) is 1. The number of nitrogen functional groups attached to an aromatic ring is 1. The minimum Gasteiger partial charge on any atom is -0.449 e. The van der Waals surface area contributed by atoms with Crippen LogP contribution in [0, 0.1) is 17.0 Å². The monoisotopic (exact) mass is 283 g/mol. The fraction of sp³-hybridized carbons (Fsp3) is 0. The van der Waals surface area contributed by atoms with Crippen LogP contribution in [0.2, 0.25) is 5.02 Å². The van der Waals surface area contributed by atoms with E-state index in [0.717, 1.165) is 12.1 Å². The lowest BCUT2D eigenvalue weighted by Gasteiger charge is -2.09. The Balaban J connectivity index is 2.38. The second-order valence-electron chi connectivity index (χ2n) is 3.62. The lowest BCUT2D eigenvalue weighted by atomic mass is 10.2. The largest absolute Gasteiger partial charge is 0.449 e. The molecule has 0 aliphatic rings. The molecule has 0 atom stereocenters. The third-order valence-electron chi connectivity index (χ3n) is 2.21. The van der Waals surface area contributed by atoms with Crippen molar-refractivity contribution in [3.05, 3.63) is 52.8 Å². The number of rotatable bonds is 3. The van der Waals surface area contributed by atoms with Gasteiger partial charge in [-0.25, -0.2) is 8.78 Å². The lowest BCUT2D eigenvalue weighted by Crippen LogP contribution is -2.12. The zero-order chi connectivity index (χ0) is 14.0. The van der Waals surface area contributed by atoms with Gasteiger partial charge in [-0.05, 0) is 12.1 Å². The number of amidine groups is 1. The molecular formula is C12H8ClF2N3O. The number of nitrogens with two attached hydrogens (primary N) is 1. The maximum Gasteiger partial charge on any atom is 0.198 e. The fourth-order valence-electron chi connectivity index (χ4n) is 1.38. The van der Waals surface area contributed by atoms with E-state index in [9.17, 15) is 8.78 Å². The Kier molecular flexibility index (Phi) is 3.62. The molecule has 0 unspecified atom stereocenters. The van der Waals surface area contributed by atoms with Crippen LogP contribution in [0.15, 0.2) is 30.6 Å². The molecule has 98 valence electrons. The standard InChI is InChI=1S/C12H8ClF2N3O/c13-7-3-8(5-18-4-7)19-11-9(14)1-6(12(16)17)2-10(11)15/h1-5H,(H3,16,17). The van der Waals surface area contributed by atoms with Gasteiger partial charge in [0.05, 0.1) is 11.2 Å². The van der Waals surface area contributed by atoms with Crippen molar-refractivity contribution in [2.24, 2.45) is 5.73 Å².